The van der Waals surface area contributed by atoms with E-state index in [1.54, 1.807) is 0 Å². The van der Waals surface area contributed by atoms with Crippen molar-refractivity contribution in [3.05, 3.63) is 0 Å². The first kappa shape index (κ1) is 26.9. The van der Waals surface area contributed by atoms with Gasteiger partial charge in [0.25, 0.3) is 0 Å². The quantitative estimate of drug-likeness (QED) is 0.415. The van der Waals surface area contributed by atoms with Gasteiger partial charge in [-0.2, -0.15) is 0 Å². The highest BCUT2D eigenvalue weighted by Gasteiger charge is 2.60. The van der Waals surface area contributed by atoms with E-state index in [2.05, 4.69) is 0 Å². The highest BCUT2D eigenvalue weighted by atomic mass is 16.7. The summed E-state index contributed by atoms with van der Waals surface area (Å²) in [5, 5.41) is 0. The summed E-state index contributed by atoms with van der Waals surface area (Å²) >= 11 is 0. The van der Waals surface area contributed by atoms with Crippen LogP contribution < -0.4 is 0 Å². The number of carbonyl (C=O) groups is 3. The largest absolute Gasteiger partial charge is 0.465 e. The number of carbonyl (C=O) groups excluding carboxylic acids is 3. The average Bonchev–Trinajstić information content (AvgIpc) is 3.48. The summed E-state index contributed by atoms with van der Waals surface area (Å²) < 4.78 is 27.0. The maximum Gasteiger partial charge on any atom is 0.311 e. The maximum atomic E-state index is 11.8. The van der Waals surface area contributed by atoms with Gasteiger partial charge in [-0.25, -0.2) is 0 Å². The lowest BCUT2D eigenvalue weighted by Crippen LogP contribution is -2.45. The van der Waals surface area contributed by atoms with Crippen LogP contribution in [0.25, 0.3) is 0 Å². The van der Waals surface area contributed by atoms with Crippen LogP contribution >= 0.6 is 0 Å². The van der Waals surface area contributed by atoms with Gasteiger partial charge < -0.3 is 23.7 Å². The number of hydrogen-bond acceptors (Lipinski definition) is 8. The molecule has 8 nitrogen and oxygen atoms in total. The summed E-state index contributed by atoms with van der Waals surface area (Å²) in [6.45, 7) is 14.7. The number of cyclic esters (lactones) is 1. The second-order valence-electron chi connectivity index (χ2n) is 11.3. The molecule has 34 heavy (non-hydrogen) atoms. The van der Waals surface area contributed by atoms with Gasteiger partial charge >= 0.3 is 17.9 Å². The molecule has 2 heterocycles. The van der Waals surface area contributed by atoms with Crippen LogP contribution in [0.4, 0.5) is 0 Å². The Morgan fingerprint density at radius 3 is 2.29 bits per heavy atom. The van der Waals surface area contributed by atoms with E-state index < -0.39 is 11.2 Å². The lowest BCUT2D eigenvalue weighted by Gasteiger charge is -2.35. The lowest BCUT2D eigenvalue weighted by atomic mass is 9.80. The second-order valence-corrected chi connectivity index (χ2v) is 11.3. The zero-order valence-electron chi connectivity index (χ0n) is 21.8. The molecule has 4 fully saturated rings. The Hall–Kier alpha value is -1.67. The predicted molar refractivity (Wildman–Crippen MR) is 123 cm³/mol. The molecule has 194 valence electrons. The summed E-state index contributed by atoms with van der Waals surface area (Å²) in [4.78, 5) is 35.2. The van der Waals surface area contributed by atoms with Crippen LogP contribution in [-0.2, 0) is 38.1 Å². The Bertz CT molecular complexity index is 750. The minimum Gasteiger partial charge on any atom is -0.465 e. The second kappa shape index (κ2) is 10.5. The van der Waals surface area contributed by atoms with Gasteiger partial charge in [0.1, 0.15) is 12.2 Å². The molecule has 0 spiro atoms. The van der Waals surface area contributed by atoms with E-state index in [1.165, 1.54) is 0 Å². The van der Waals surface area contributed by atoms with Crippen molar-refractivity contribution in [1.29, 1.82) is 0 Å². The van der Waals surface area contributed by atoms with E-state index in [1.807, 2.05) is 48.5 Å². The van der Waals surface area contributed by atoms with Crippen molar-refractivity contribution in [2.75, 3.05) is 19.8 Å². The van der Waals surface area contributed by atoms with Gasteiger partial charge in [0.15, 0.2) is 5.79 Å². The molecule has 0 radical (unpaired) electrons. The Balaban J connectivity index is 0.000000192. The van der Waals surface area contributed by atoms with E-state index in [4.69, 9.17) is 23.7 Å². The van der Waals surface area contributed by atoms with Crippen LogP contribution in [0.3, 0.4) is 0 Å². The van der Waals surface area contributed by atoms with E-state index >= 15 is 0 Å². The molecular formula is C26H42O8. The van der Waals surface area contributed by atoms with Crippen molar-refractivity contribution in [1.82, 2.24) is 0 Å². The van der Waals surface area contributed by atoms with E-state index in [0.717, 1.165) is 25.7 Å². The van der Waals surface area contributed by atoms with Crippen molar-refractivity contribution < 1.29 is 38.1 Å². The molecule has 6 atom stereocenters. The molecule has 6 unspecified atom stereocenters. The molecule has 2 saturated heterocycles. The molecule has 0 amide bonds. The van der Waals surface area contributed by atoms with Gasteiger partial charge in [0.05, 0.1) is 37.1 Å². The molecule has 0 aromatic rings. The number of fused-ring (bicyclic) bond motifs is 5. The third kappa shape index (κ3) is 5.93. The van der Waals surface area contributed by atoms with Gasteiger partial charge in [0.2, 0.25) is 0 Å². The van der Waals surface area contributed by atoms with Crippen LogP contribution in [0.15, 0.2) is 0 Å². The molecule has 0 aromatic heterocycles. The number of esters is 3. The fraction of sp³-hybridized carbons (Fsp3) is 0.885. The Labute approximate surface area is 203 Å². The van der Waals surface area contributed by atoms with Crippen LogP contribution in [0, 0.1) is 35.0 Å². The summed E-state index contributed by atoms with van der Waals surface area (Å²) in [7, 11) is 0. The fourth-order valence-electron chi connectivity index (χ4n) is 5.07. The van der Waals surface area contributed by atoms with E-state index in [-0.39, 0.29) is 42.0 Å². The zero-order chi connectivity index (χ0) is 25.3. The maximum absolute atomic E-state index is 11.8. The van der Waals surface area contributed by atoms with E-state index in [0.29, 0.717) is 37.6 Å². The predicted octanol–water partition coefficient (Wildman–Crippen LogP) is 3.89. The lowest BCUT2D eigenvalue weighted by molar-refractivity contribution is -0.277. The Kier molecular flexibility index (Phi) is 8.33. The van der Waals surface area contributed by atoms with Crippen LogP contribution in [-0.4, -0.2) is 55.7 Å². The van der Waals surface area contributed by atoms with Crippen LogP contribution in [0.1, 0.15) is 74.1 Å². The first-order chi connectivity index (χ1) is 15.9. The highest BCUT2D eigenvalue weighted by molar-refractivity contribution is 5.76. The number of ether oxygens (including phenoxy) is 5. The molecule has 2 bridgehead atoms. The standard InChI is InChI=1S/C14H20O4.C12H22O4/c1-3-7(2)13(15)18-11-5-8-4-9(11)10-6-17-14(16)12(8)10;1-6-11(2,3)10(13)16-9-7-14-12(4,5)15-8-9/h7-12H,3-6H2,1-2H3;9H,6-8H2,1-5H3. The van der Waals surface area contributed by atoms with Gasteiger partial charge in [0, 0.05) is 11.8 Å². The molecule has 2 saturated carbocycles. The van der Waals surface area contributed by atoms with Crippen LogP contribution in [0.5, 0.6) is 0 Å². The first-order valence-electron chi connectivity index (χ1n) is 12.7. The third-order valence-corrected chi connectivity index (χ3v) is 8.02. The minimum absolute atomic E-state index is 0.0206. The van der Waals surface area contributed by atoms with Crippen molar-refractivity contribution in [3.63, 3.8) is 0 Å². The molecule has 4 rings (SSSR count). The molecule has 0 aromatic carbocycles. The summed E-state index contributed by atoms with van der Waals surface area (Å²) in [6.07, 6.45) is 3.18. The van der Waals surface area contributed by atoms with Crippen LogP contribution in [0.2, 0.25) is 0 Å². The normalized spacial score (nSPS) is 32.8. The molecule has 0 N–H and O–H groups in total. The van der Waals surface area contributed by atoms with Gasteiger partial charge in [-0.15, -0.1) is 0 Å². The van der Waals surface area contributed by atoms with Crippen molar-refractivity contribution in [2.45, 2.75) is 92.1 Å². The topological polar surface area (TPSA) is 97.4 Å². The van der Waals surface area contributed by atoms with Crippen molar-refractivity contribution in [3.8, 4) is 0 Å². The van der Waals surface area contributed by atoms with Gasteiger partial charge in [-0.05, 0) is 59.3 Å². The summed E-state index contributed by atoms with van der Waals surface area (Å²) in [5.74, 6) is 0.219. The monoisotopic (exact) mass is 482 g/mol. The summed E-state index contributed by atoms with van der Waals surface area (Å²) in [6, 6.07) is 0. The third-order valence-electron chi connectivity index (χ3n) is 8.02. The van der Waals surface area contributed by atoms with E-state index in [9.17, 15) is 14.4 Å². The molecule has 2 aliphatic heterocycles. The summed E-state index contributed by atoms with van der Waals surface area (Å²) in [5.41, 5.74) is -0.438. The zero-order valence-corrected chi connectivity index (χ0v) is 21.8. The Morgan fingerprint density at radius 1 is 1.06 bits per heavy atom. The molecular weight excluding hydrogens is 440 g/mol. The average molecular weight is 483 g/mol. The number of hydrogen-bond donors (Lipinski definition) is 0. The molecule has 8 heteroatoms. The minimum atomic E-state index is -0.566. The smallest absolute Gasteiger partial charge is 0.311 e. The molecule has 2 aliphatic carbocycles. The number of rotatable bonds is 6. The molecule has 4 aliphatic rings. The van der Waals surface area contributed by atoms with Gasteiger partial charge in [-0.1, -0.05) is 20.8 Å². The fourth-order valence-corrected chi connectivity index (χ4v) is 5.07. The highest BCUT2D eigenvalue weighted by Crippen LogP contribution is 2.56. The Morgan fingerprint density at radius 2 is 1.71 bits per heavy atom. The SMILES string of the molecule is CCC(C)(C)C(=O)OC1COC(C)(C)OC1.CCC(C)C(=O)OC1CC2CC1C1COC(=O)C21. The van der Waals surface area contributed by atoms with Crippen molar-refractivity contribution >= 4 is 17.9 Å². The van der Waals surface area contributed by atoms with Gasteiger partial charge in [-0.3, -0.25) is 14.4 Å². The van der Waals surface area contributed by atoms with Crippen molar-refractivity contribution in [2.24, 2.45) is 35.0 Å². The first-order valence-corrected chi connectivity index (χ1v) is 12.7.